The molecule has 12 heteroatoms. The molecule has 0 aliphatic heterocycles. The van der Waals surface area contributed by atoms with Crippen molar-refractivity contribution in [2.75, 3.05) is 112 Å². The zero-order chi connectivity index (χ0) is 32.9. The molecular weight excluding hydrogens is 697 g/mol. The average molecular weight is 754 g/mol. The zero-order valence-corrected chi connectivity index (χ0v) is 29.8. The van der Waals surface area contributed by atoms with Crippen molar-refractivity contribution in [3.63, 3.8) is 0 Å². The summed E-state index contributed by atoms with van der Waals surface area (Å²) in [4.78, 5) is 23.7. The molecule has 0 unspecified atom stereocenters. The second-order valence-corrected chi connectivity index (χ2v) is 12.4. The van der Waals surface area contributed by atoms with Crippen molar-refractivity contribution in [1.82, 2.24) is 5.32 Å². The van der Waals surface area contributed by atoms with Gasteiger partial charge < -0.3 is 43.2 Å². The van der Waals surface area contributed by atoms with E-state index in [9.17, 15) is 9.59 Å². The molecule has 1 amide bonds. The van der Waals surface area contributed by atoms with Crippen LogP contribution in [0.3, 0.4) is 0 Å². The van der Waals surface area contributed by atoms with Gasteiger partial charge >= 0.3 is 0 Å². The Morgan fingerprint density at radius 2 is 0.956 bits per heavy atom. The van der Waals surface area contributed by atoms with Crippen LogP contribution < -0.4 is 5.32 Å². The molecule has 0 bridgehead atoms. The van der Waals surface area contributed by atoms with Gasteiger partial charge in [-0.05, 0) is 53.1 Å². The molecule has 0 aliphatic rings. The van der Waals surface area contributed by atoms with Gasteiger partial charge in [0.05, 0.1) is 106 Å². The summed E-state index contributed by atoms with van der Waals surface area (Å²) in [6.07, 6.45) is 2.69. The van der Waals surface area contributed by atoms with Gasteiger partial charge in [-0.25, -0.2) is 0 Å². The van der Waals surface area contributed by atoms with Gasteiger partial charge in [-0.1, -0.05) is 32.9 Å². The predicted molar refractivity (Wildman–Crippen MR) is 181 cm³/mol. The van der Waals surface area contributed by atoms with Gasteiger partial charge in [0, 0.05) is 28.4 Å². The highest BCUT2D eigenvalue weighted by Gasteiger charge is 2.20. The molecule has 1 aromatic carbocycles. The van der Waals surface area contributed by atoms with Crippen LogP contribution in [-0.2, 0) is 53.9 Å². The van der Waals surface area contributed by atoms with Crippen molar-refractivity contribution in [2.45, 2.75) is 46.5 Å². The van der Waals surface area contributed by atoms with Crippen molar-refractivity contribution < 1.29 is 47.5 Å². The number of nitrogens with one attached hydrogen (secondary N) is 1. The Labute approximate surface area is 283 Å². The Morgan fingerprint density at radius 1 is 0.578 bits per heavy atom. The maximum Gasteiger partial charge on any atom is 0.220 e. The first-order valence-corrected chi connectivity index (χ1v) is 17.0. The fraction of sp³-hybridized carbons (Fsp3) is 0.758. The largest absolute Gasteiger partial charge is 0.379 e. The van der Waals surface area contributed by atoms with Crippen LogP contribution in [-0.4, -0.2) is 124 Å². The highest BCUT2D eigenvalue weighted by Crippen LogP contribution is 2.16. The molecule has 0 radical (unpaired) electrons. The van der Waals surface area contributed by atoms with Crippen LogP contribution in [0.25, 0.3) is 0 Å². The number of halogens is 1. The third-order valence-corrected chi connectivity index (χ3v) is 6.98. The first kappa shape index (κ1) is 41.8. The molecule has 11 nitrogen and oxygen atoms in total. The lowest BCUT2D eigenvalue weighted by atomic mass is 9.89. The molecule has 0 aliphatic carbocycles. The van der Waals surface area contributed by atoms with Gasteiger partial charge in [0.25, 0.3) is 0 Å². The summed E-state index contributed by atoms with van der Waals surface area (Å²) in [5, 5.41) is 2.88. The summed E-state index contributed by atoms with van der Waals surface area (Å²) >= 11 is 2.29. The van der Waals surface area contributed by atoms with Crippen LogP contribution in [0.5, 0.6) is 0 Å². The quantitative estimate of drug-likeness (QED) is 0.0885. The second kappa shape index (κ2) is 29.0. The van der Waals surface area contributed by atoms with E-state index in [-0.39, 0.29) is 17.1 Å². The number of carbonyl (C=O) groups excluding carboxylic acids is 2. The van der Waals surface area contributed by atoms with E-state index in [2.05, 4.69) is 52.2 Å². The van der Waals surface area contributed by atoms with Gasteiger partial charge in [-0.3, -0.25) is 9.59 Å². The average Bonchev–Trinajstić information content (AvgIpc) is 3.01. The van der Waals surface area contributed by atoms with Crippen LogP contribution >= 0.6 is 22.6 Å². The highest BCUT2D eigenvalue weighted by atomic mass is 127. The van der Waals surface area contributed by atoms with E-state index in [1.54, 1.807) is 0 Å². The van der Waals surface area contributed by atoms with Gasteiger partial charge in [-0.2, -0.15) is 0 Å². The number of Topliss-reactive ketones (excluding diaryl/α,β-unsaturated/α-hetero) is 1. The van der Waals surface area contributed by atoms with Crippen LogP contribution in [0.4, 0.5) is 0 Å². The van der Waals surface area contributed by atoms with Crippen LogP contribution in [0.1, 0.15) is 45.6 Å². The predicted octanol–water partition coefficient (Wildman–Crippen LogP) is 3.87. The second-order valence-electron chi connectivity index (χ2n) is 11.2. The minimum Gasteiger partial charge on any atom is -0.379 e. The number of aryl methyl sites for hydroxylation is 1. The van der Waals surface area contributed by atoms with Crippen molar-refractivity contribution in [3.8, 4) is 0 Å². The molecule has 260 valence electrons. The van der Waals surface area contributed by atoms with E-state index in [1.165, 1.54) is 9.13 Å². The summed E-state index contributed by atoms with van der Waals surface area (Å²) < 4.78 is 44.9. The van der Waals surface area contributed by atoms with Gasteiger partial charge in [0.15, 0.2) is 0 Å². The molecule has 0 spiro atoms. The molecule has 0 aromatic heterocycles. The molecule has 1 aromatic rings. The number of amides is 1. The van der Waals surface area contributed by atoms with E-state index in [0.717, 1.165) is 12.8 Å². The Morgan fingerprint density at radius 3 is 1.36 bits per heavy atom. The fourth-order valence-electron chi connectivity index (χ4n) is 3.64. The summed E-state index contributed by atoms with van der Waals surface area (Å²) in [6, 6.07) is 8.39. The SMILES string of the molecule is CC(C)(C)C(=O)CCOCCOCCOCCOCCOCCOCCOCCOCCNC(=O)CCCc1ccc(I)cc1. The third-order valence-electron chi connectivity index (χ3n) is 6.27. The fourth-order valence-corrected chi connectivity index (χ4v) is 4.00. The monoisotopic (exact) mass is 753 g/mol. The van der Waals surface area contributed by atoms with E-state index >= 15 is 0 Å². The number of benzene rings is 1. The number of ether oxygens (including phenoxy) is 8. The van der Waals surface area contributed by atoms with Crippen LogP contribution in [0.2, 0.25) is 0 Å². The number of hydrogen-bond acceptors (Lipinski definition) is 10. The number of ketones is 1. The van der Waals surface area contributed by atoms with E-state index in [4.69, 9.17) is 37.9 Å². The van der Waals surface area contributed by atoms with Crippen molar-refractivity contribution >= 4 is 34.3 Å². The number of rotatable bonds is 31. The van der Waals surface area contributed by atoms with Gasteiger partial charge in [0.2, 0.25) is 5.91 Å². The molecular formula is C33H56INO10. The van der Waals surface area contributed by atoms with Crippen molar-refractivity contribution in [1.29, 1.82) is 0 Å². The Bertz CT molecular complexity index is 851. The Kier molecular flexibility index (Phi) is 26.9. The molecule has 0 atom stereocenters. The maximum absolute atomic E-state index is 11.9. The lowest BCUT2D eigenvalue weighted by molar-refractivity contribution is -0.127. The molecule has 0 saturated heterocycles. The zero-order valence-electron chi connectivity index (χ0n) is 27.6. The third kappa shape index (κ3) is 27.6. The first-order chi connectivity index (χ1) is 21.8. The van der Waals surface area contributed by atoms with Gasteiger partial charge in [0.1, 0.15) is 5.78 Å². The van der Waals surface area contributed by atoms with Gasteiger partial charge in [-0.15, -0.1) is 0 Å². The number of hydrogen-bond donors (Lipinski definition) is 1. The van der Waals surface area contributed by atoms with Crippen molar-refractivity contribution in [2.24, 2.45) is 5.41 Å². The topological polar surface area (TPSA) is 120 Å². The molecule has 0 fully saturated rings. The van der Waals surface area contributed by atoms with E-state index in [0.29, 0.717) is 125 Å². The first-order valence-electron chi connectivity index (χ1n) is 16.0. The highest BCUT2D eigenvalue weighted by molar-refractivity contribution is 14.1. The number of carbonyl (C=O) groups is 2. The van der Waals surface area contributed by atoms with Crippen LogP contribution in [0.15, 0.2) is 24.3 Å². The van der Waals surface area contributed by atoms with E-state index in [1.807, 2.05) is 20.8 Å². The minimum absolute atomic E-state index is 0.0547. The summed E-state index contributed by atoms with van der Waals surface area (Å²) in [6.45, 7) is 14.0. The molecule has 0 saturated carbocycles. The molecule has 45 heavy (non-hydrogen) atoms. The lowest BCUT2D eigenvalue weighted by Gasteiger charge is -2.16. The summed E-state index contributed by atoms with van der Waals surface area (Å²) in [5.74, 6) is 0.256. The minimum atomic E-state index is -0.314. The summed E-state index contributed by atoms with van der Waals surface area (Å²) in [5.41, 5.74) is 0.941. The lowest BCUT2D eigenvalue weighted by Crippen LogP contribution is -2.27. The maximum atomic E-state index is 11.9. The Balaban J connectivity index is 1.69. The Hall–Kier alpha value is -1.23. The van der Waals surface area contributed by atoms with Crippen LogP contribution in [0, 0.1) is 8.99 Å². The summed E-state index contributed by atoms with van der Waals surface area (Å²) in [7, 11) is 0. The molecule has 1 rings (SSSR count). The van der Waals surface area contributed by atoms with Crippen molar-refractivity contribution in [3.05, 3.63) is 33.4 Å². The molecule has 1 N–H and O–H groups in total. The van der Waals surface area contributed by atoms with E-state index < -0.39 is 0 Å². The standard InChI is InChI=1S/C33H56INO10/c1-33(2,3)31(36)11-13-38-15-17-40-19-21-42-23-25-44-27-28-45-26-24-43-22-20-41-18-16-39-14-12-35-32(37)6-4-5-29-7-9-30(34)10-8-29/h7-10H,4-6,11-28H2,1-3H3,(H,35,37). The molecule has 0 heterocycles. The smallest absolute Gasteiger partial charge is 0.220 e. The normalized spacial score (nSPS) is 11.6.